The molecule has 126 valence electrons. The molecule has 1 N–H and O–H groups in total. The molecule has 4 aliphatic rings. The third kappa shape index (κ3) is 2.00. The zero-order valence-corrected chi connectivity index (χ0v) is 14.8. The highest BCUT2D eigenvalue weighted by Crippen LogP contribution is 2.66. The van der Waals surface area contributed by atoms with E-state index in [0.717, 1.165) is 31.6 Å². The first-order valence-corrected chi connectivity index (χ1v) is 9.49. The van der Waals surface area contributed by atoms with E-state index in [1.54, 1.807) is 0 Å². The summed E-state index contributed by atoms with van der Waals surface area (Å²) in [7, 11) is 0. The highest BCUT2D eigenvalue weighted by atomic mass is 16.3. The Balaban J connectivity index is 1.71. The van der Waals surface area contributed by atoms with Crippen LogP contribution in [0.2, 0.25) is 0 Å². The zero-order valence-electron chi connectivity index (χ0n) is 14.8. The van der Waals surface area contributed by atoms with Crippen LogP contribution in [0.4, 0.5) is 0 Å². The first kappa shape index (κ1) is 15.6. The van der Waals surface area contributed by atoms with Gasteiger partial charge in [0.15, 0.2) is 5.78 Å². The average molecular weight is 314 g/mol. The van der Waals surface area contributed by atoms with E-state index >= 15 is 0 Å². The van der Waals surface area contributed by atoms with Gasteiger partial charge in [0.2, 0.25) is 0 Å². The summed E-state index contributed by atoms with van der Waals surface area (Å²) in [6.45, 7) is 6.91. The van der Waals surface area contributed by atoms with Gasteiger partial charge in [-0.25, -0.2) is 0 Å². The van der Waals surface area contributed by atoms with Gasteiger partial charge in [-0.2, -0.15) is 0 Å². The Hall–Kier alpha value is -0.890. The summed E-state index contributed by atoms with van der Waals surface area (Å²) in [5.74, 6) is 2.39. The number of carbonyl (C=O) groups is 1. The first-order chi connectivity index (χ1) is 10.9. The third-order valence-electron chi connectivity index (χ3n) is 8.16. The molecule has 2 nitrogen and oxygen atoms in total. The maximum atomic E-state index is 11.9. The third-order valence-corrected chi connectivity index (χ3v) is 8.16. The number of allylic oxidation sites excluding steroid dienone is 2. The fourth-order valence-corrected chi connectivity index (χ4v) is 6.94. The van der Waals surface area contributed by atoms with E-state index in [1.165, 1.54) is 30.4 Å². The molecule has 0 amide bonds. The normalized spacial score (nSPS) is 51.0. The molecule has 0 aliphatic heterocycles. The van der Waals surface area contributed by atoms with Crippen molar-refractivity contribution in [3.8, 4) is 0 Å². The van der Waals surface area contributed by atoms with Crippen LogP contribution in [0, 0.1) is 28.6 Å². The lowest BCUT2D eigenvalue weighted by Gasteiger charge is -2.57. The van der Waals surface area contributed by atoms with Crippen molar-refractivity contribution < 1.29 is 9.90 Å². The summed E-state index contributed by atoms with van der Waals surface area (Å²) in [6, 6.07) is 0. The summed E-state index contributed by atoms with van der Waals surface area (Å²) in [6.07, 6.45) is 11.4. The summed E-state index contributed by atoms with van der Waals surface area (Å²) < 4.78 is 0. The fourth-order valence-electron chi connectivity index (χ4n) is 6.94. The van der Waals surface area contributed by atoms with E-state index in [9.17, 15) is 9.90 Å². The first-order valence-electron chi connectivity index (χ1n) is 9.49. The Bertz CT molecular complexity index is 601. The van der Waals surface area contributed by atoms with Gasteiger partial charge in [-0.1, -0.05) is 25.5 Å². The molecule has 4 aliphatic carbocycles. The molecule has 3 fully saturated rings. The van der Waals surface area contributed by atoms with Crippen LogP contribution >= 0.6 is 0 Å². The molecular weight excluding hydrogens is 284 g/mol. The summed E-state index contributed by atoms with van der Waals surface area (Å²) in [4.78, 5) is 11.9. The number of carbonyl (C=O) groups excluding carboxylic acids is 1. The number of ketones is 1. The Kier molecular flexibility index (Phi) is 3.43. The topological polar surface area (TPSA) is 37.3 Å². The molecule has 0 bridgehead atoms. The molecule has 3 unspecified atom stereocenters. The molecule has 23 heavy (non-hydrogen) atoms. The lowest BCUT2D eigenvalue weighted by molar-refractivity contribution is -0.117. The highest BCUT2D eigenvalue weighted by Gasteiger charge is 2.59. The number of aliphatic hydroxyl groups is 1. The number of fused-ring (bicyclic) bond motifs is 5. The fraction of sp³-hybridized carbons (Fsp3) is 0.762. The van der Waals surface area contributed by atoms with Crippen molar-refractivity contribution in [2.24, 2.45) is 28.6 Å². The number of aliphatic hydroxyl groups excluding tert-OH is 1. The largest absolute Gasteiger partial charge is 0.389 e. The summed E-state index contributed by atoms with van der Waals surface area (Å²) in [5, 5.41) is 10.6. The van der Waals surface area contributed by atoms with Gasteiger partial charge in [-0.3, -0.25) is 4.79 Å². The molecule has 3 saturated carbocycles. The van der Waals surface area contributed by atoms with Crippen molar-refractivity contribution in [3.63, 3.8) is 0 Å². The molecule has 4 rings (SSSR count). The van der Waals surface area contributed by atoms with E-state index in [-0.39, 0.29) is 16.9 Å². The summed E-state index contributed by atoms with van der Waals surface area (Å²) in [5.41, 5.74) is 3.17. The second-order valence-electron chi connectivity index (χ2n) is 8.92. The van der Waals surface area contributed by atoms with Gasteiger partial charge in [-0.15, -0.1) is 0 Å². The second-order valence-corrected chi connectivity index (χ2v) is 8.92. The Morgan fingerprint density at radius 3 is 2.65 bits per heavy atom. The molecule has 0 spiro atoms. The quantitative estimate of drug-likeness (QED) is 0.671. The van der Waals surface area contributed by atoms with Crippen molar-refractivity contribution in [1.29, 1.82) is 0 Å². The van der Waals surface area contributed by atoms with E-state index in [1.807, 2.05) is 6.08 Å². The highest BCUT2D eigenvalue weighted by molar-refractivity contribution is 5.91. The van der Waals surface area contributed by atoms with Gasteiger partial charge in [-0.05, 0) is 85.7 Å². The lowest BCUT2D eigenvalue weighted by Crippen LogP contribution is -2.49. The van der Waals surface area contributed by atoms with Crippen molar-refractivity contribution >= 4 is 5.78 Å². The van der Waals surface area contributed by atoms with Crippen LogP contribution in [0.5, 0.6) is 0 Å². The van der Waals surface area contributed by atoms with Crippen molar-refractivity contribution in [2.75, 3.05) is 0 Å². The lowest BCUT2D eigenvalue weighted by atomic mass is 9.47. The predicted molar refractivity (Wildman–Crippen MR) is 91.9 cm³/mol. The molecule has 0 aromatic carbocycles. The Morgan fingerprint density at radius 1 is 1.13 bits per heavy atom. The number of hydrogen-bond donors (Lipinski definition) is 1. The van der Waals surface area contributed by atoms with Gasteiger partial charge in [0.1, 0.15) is 0 Å². The van der Waals surface area contributed by atoms with Gasteiger partial charge < -0.3 is 5.11 Å². The molecule has 2 heteroatoms. The smallest absolute Gasteiger partial charge is 0.155 e. The van der Waals surface area contributed by atoms with Crippen LogP contribution in [-0.4, -0.2) is 17.0 Å². The van der Waals surface area contributed by atoms with E-state index in [4.69, 9.17) is 0 Å². The van der Waals surface area contributed by atoms with Crippen LogP contribution < -0.4 is 0 Å². The van der Waals surface area contributed by atoms with Crippen LogP contribution in [0.3, 0.4) is 0 Å². The van der Waals surface area contributed by atoms with Gasteiger partial charge in [0.05, 0.1) is 6.10 Å². The molecule has 0 radical (unpaired) electrons. The number of rotatable bonds is 0. The maximum absolute atomic E-state index is 11.9. The molecule has 0 saturated heterocycles. The molecule has 0 heterocycles. The molecule has 6 atom stereocenters. The molecule has 0 aromatic heterocycles. The van der Waals surface area contributed by atoms with Gasteiger partial charge in [0.25, 0.3) is 0 Å². The molecular formula is C21H30O2. The van der Waals surface area contributed by atoms with Crippen LogP contribution in [0.25, 0.3) is 0 Å². The zero-order chi connectivity index (χ0) is 16.4. The Labute approximate surface area is 140 Å². The van der Waals surface area contributed by atoms with E-state index in [2.05, 4.69) is 26.8 Å². The maximum Gasteiger partial charge on any atom is 0.155 e. The SMILES string of the molecule is CC=C1[C@H](O)CC2C3CCC4=CC(=O)CC[C@]4(C)C3CC[C@]12C. The van der Waals surface area contributed by atoms with E-state index < -0.39 is 0 Å². The minimum atomic E-state index is -0.230. The van der Waals surface area contributed by atoms with Crippen LogP contribution in [0.15, 0.2) is 23.3 Å². The predicted octanol–water partition coefficient (Wildman–Crippen LogP) is 4.44. The average Bonchev–Trinajstić information content (AvgIpc) is 2.77. The monoisotopic (exact) mass is 314 g/mol. The van der Waals surface area contributed by atoms with Crippen LogP contribution in [0.1, 0.15) is 65.7 Å². The van der Waals surface area contributed by atoms with E-state index in [0.29, 0.717) is 17.6 Å². The van der Waals surface area contributed by atoms with Gasteiger partial charge >= 0.3 is 0 Å². The van der Waals surface area contributed by atoms with Crippen molar-refractivity contribution in [3.05, 3.63) is 23.3 Å². The van der Waals surface area contributed by atoms with Crippen molar-refractivity contribution in [1.82, 2.24) is 0 Å². The van der Waals surface area contributed by atoms with Gasteiger partial charge in [0, 0.05) is 6.42 Å². The van der Waals surface area contributed by atoms with Crippen molar-refractivity contribution in [2.45, 2.75) is 71.8 Å². The van der Waals surface area contributed by atoms with Crippen LogP contribution in [-0.2, 0) is 4.79 Å². The second kappa shape index (κ2) is 5.05. The minimum absolute atomic E-state index is 0.206. The molecule has 0 aromatic rings. The standard InChI is InChI=1S/C21H30O2/c1-4-16-19(23)12-18-15-6-5-13-11-14(22)7-9-20(13,2)17(15)8-10-21(16,18)3/h4,11,15,17-19,23H,5-10,12H2,1-3H3/t15?,17?,18?,19-,20+,21-/m1/s1. The Morgan fingerprint density at radius 2 is 1.91 bits per heavy atom. The minimum Gasteiger partial charge on any atom is -0.389 e. The summed E-state index contributed by atoms with van der Waals surface area (Å²) >= 11 is 0. The number of hydrogen-bond acceptors (Lipinski definition) is 2.